The number of carbonyl (C=O) groups is 1. The first-order valence-corrected chi connectivity index (χ1v) is 3.93. The molecule has 4 heteroatoms. The van der Waals surface area contributed by atoms with Crippen LogP contribution in [0.4, 0.5) is 4.79 Å². The van der Waals surface area contributed by atoms with Crippen molar-refractivity contribution < 1.29 is 4.79 Å². The third-order valence-corrected chi connectivity index (χ3v) is 1.53. The van der Waals surface area contributed by atoms with Crippen LogP contribution in [0.25, 0.3) is 0 Å². The summed E-state index contributed by atoms with van der Waals surface area (Å²) in [5.41, 5.74) is 4.86. The number of carbonyl (C=O) groups excluding carboxylic acids is 1. The van der Waals surface area contributed by atoms with Gasteiger partial charge in [0.15, 0.2) is 0 Å². The summed E-state index contributed by atoms with van der Waals surface area (Å²) in [6.45, 7) is 5.58. The first-order valence-electron chi connectivity index (χ1n) is 3.93. The lowest BCUT2D eigenvalue weighted by molar-refractivity contribution is 0.249. The maximum atomic E-state index is 10.2. The van der Waals surface area contributed by atoms with Crippen molar-refractivity contribution in [1.82, 2.24) is 10.6 Å². The van der Waals surface area contributed by atoms with Gasteiger partial charge in [-0.15, -0.1) is 0 Å². The van der Waals surface area contributed by atoms with Crippen molar-refractivity contribution in [3.63, 3.8) is 0 Å². The maximum absolute atomic E-state index is 10.2. The van der Waals surface area contributed by atoms with Crippen LogP contribution in [0.1, 0.15) is 20.3 Å². The Bertz CT molecular complexity index is 116. The van der Waals surface area contributed by atoms with Gasteiger partial charge in [-0.25, -0.2) is 4.79 Å². The Morgan fingerprint density at radius 1 is 1.55 bits per heavy atom. The summed E-state index contributed by atoms with van der Waals surface area (Å²) in [5, 5.41) is 5.72. The van der Waals surface area contributed by atoms with Gasteiger partial charge in [0.25, 0.3) is 0 Å². The molecule has 1 unspecified atom stereocenters. The maximum Gasteiger partial charge on any atom is 0.312 e. The Kier molecular flexibility index (Phi) is 5.56. The highest BCUT2D eigenvalue weighted by Crippen LogP contribution is 1.84. The average molecular weight is 159 g/mol. The van der Waals surface area contributed by atoms with Crippen molar-refractivity contribution in [2.45, 2.75) is 26.3 Å². The van der Waals surface area contributed by atoms with Crippen LogP contribution < -0.4 is 16.4 Å². The monoisotopic (exact) mass is 159 g/mol. The molecule has 0 heterocycles. The smallest absolute Gasteiger partial charge is 0.312 e. The molecule has 4 N–H and O–H groups in total. The van der Waals surface area contributed by atoms with Crippen LogP contribution >= 0.6 is 0 Å². The summed E-state index contributed by atoms with van der Waals surface area (Å²) in [7, 11) is 0. The lowest BCUT2D eigenvalue weighted by Crippen LogP contribution is -2.37. The van der Waals surface area contributed by atoms with Crippen LogP contribution in [0.3, 0.4) is 0 Å². The number of urea groups is 1. The topological polar surface area (TPSA) is 67.2 Å². The lowest BCUT2D eigenvalue weighted by Gasteiger charge is -2.10. The quantitative estimate of drug-likeness (QED) is 0.496. The van der Waals surface area contributed by atoms with Gasteiger partial charge < -0.3 is 16.4 Å². The molecule has 0 aromatic heterocycles. The molecule has 0 aliphatic carbocycles. The third-order valence-electron chi connectivity index (χ3n) is 1.53. The molecule has 0 aromatic carbocycles. The number of hydrogen-bond acceptors (Lipinski definition) is 2. The molecule has 0 aliphatic heterocycles. The van der Waals surface area contributed by atoms with Gasteiger partial charge in [0.1, 0.15) is 0 Å². The second-order valence-corrected chi connectivity index (χ2v) is 2.55. The predicted octanol–water partition coefficient (Wildman–Crippen LogP) is 0.0428. The van der Waals surface area contributed by atoms with Gasteiger partial charge in [-0.2, -0.15) is 0 Å². The zero-order valence-corrected chi connectivity index (χ0v) is 7.18. The zero-order chi connectivity index (χ0) is 8.69. The van der Waals surface area contributed by atoms with Gasteiger partial charge in [-0.1, -0.05) is 6.92 Å². The molecule has 0 aliphatic rings. The summed E-state index contributed by atoms with van der Waals surface area (Å²) in [6.07, 6.45) is 1.09. The Hall–Kier alpha value is -0.770. The van der Waals surface area contributed by atoms with Crippen molar-refractivity contribution in [3.05, 3.63) is 0 Å². The predicted molar refractivity (Wildman–Crippen MR) is 45.3 cm³/mol. The van der Waals surface area contributed by atoms with Gasteiger partial charge in [-0.3, -0.25) is 0 Å². The Labute approximate surface area is 67.5 Å². The highest BCUT2D eigenvalue weighted by Gasteiger charge is 1.95. The van der Waals surface area contributed by atoms with E-state index in [1.54, 1.807) is 0 Å². The van der Waals surface area contributed by atoms with Crippen molar-refractivity contribution in [3.8, 4) is 0 Å². The Morgan fingerprint density at radius 3 is 2.64 bits per heavy atom. The van der Waals surface area contributed by atoms with Crippen molar-refractivity contribution >= 4 is 6.03 Å². The zero-order valence-electron chi connectivity index (χ0n) is 7.18. The SMILES string of the molecule is CCC(C)NCCNC(N)=O. The van der Waals surface area contributed by atoms with E-state index in [-0.39, 0.29) is 0 Å². The van der Waals surface area contributed by atoms with Crippen LogP contribution in [0, 0.1) is 0 Å². The van der Waals surface area contributed by atoms with Crippen LogP contribution in [-0.4, -0.2) is 25.2 Å². The van der Waals surface area contributed by atoms with Crippen LogP contribution in [0.2, 0.25) is 0 Å². The minimum absolute atomic E-state index is 0.462. The number of nitrogens with two attached hydrogens (primary N) is 1. The van der Waals surface area contributed by atoms with E-state index in [1.165, 1.54) is 0 Å². The first kappa shape index (κ1) is 10.2. The van der Waals surface area contributed by atoms with Crippen LogP contribution in [0.5, 0.6) is 0 Å². The van der Waals surface area contributed by atoms with E-state index in [0.717, 1.165) is 13.0 Å². The van der Waals surface area contributed by atoms with Crippen LogP contribution in [0.15, 0.2) is 0 Å². The fourth-order valence-electron chi connectivity index (χ4n) is 0.649. The molecule has 2 amide bonds. The summed E-state index contributed by atoms with van der Waals surface area (Å²) in [4.78, 5) is 10.2. The third kappa shape index (κ3) is 7.12. The highest BCUT2D eigenvalue weighted by molar-refractivity contribution is 5.71. The number of rotatable bonds is 5. The molecule has 1 atom stereocenters. The molecule has 0 saturated carbocycles. The van der Waals surface area contributed by atoms with E-state index in [4.69, 9.17) is 5.73 Å². The normalized spacial score (nSPS) is 12.5. The fourth-order valence-corrected chi connectivity index (χ4v) is 0.649. The summed E-state index contributed by atoms with van der Waals surface area (Å²) in [6, 6.07) is 0.0422. The lowest BCUT2D eigenvalue weighted by atomic mass is 10.3. The molecule has 0 spiro atoms. The van der Waals surface area contributed by atoms with E-state index in [1.807, 2.05) is 0 Å². The molecule has 66 valence electrons. The minimum atomic E-state index is -0.462. The molecule has 0 aromatic rings. The van der Waals surface area contributed by atoms with E-state index in [9.17, 15) is 4.79 Å². The number of hydrogen-bond donors (Lipinski definition) is 3. The number of primary amides is 1. The standard InChI is InChI=1S/C7H17N3O/c1-3-6(2)9-4-5-10-7(8)11/h6,9H,3-5H2,1-2H3,(H3,8,10,11). The van der Waals surface area contributed by atoms with Gasteiger partial charge in [0.05, 0.1) is 0 Å². The van der Waals surface area contributed by atoms with Gasteiger partial charge >= 0.3 is 6.03 Å². The van der Waals surface area contributed by atoms with E-state index in [0.29, 0.717) is 12.6 Å². The van der Waals surface area contributed by atoms with Crippen molar-refractivity contribution in [2.24, 2.45) is 5.73 Å². The molecular formula is C7H17N3O. The number of nitrogens with one attached hydrogen (secondary N) is 2. The molecular weight excluding hydrogens is 142 g/mol. The highest BCUT2D eigenvalue weighted by atomic mass is 16.2. The second kappa shape index (κ2) is 5.97. The summed E-state index contributed by atoms with van der Waals surface area (Å²) >= 11 is 0. The fraction of sp³-hybridized carbons (Fsp3) is 0.857. The Balaban J connectivity index is 3.08. The largest absolute Gasteiger partial charge is 0.352 e. The molecule has 0 fully saturated rings. The molecule has 0 saturated heterocycles. The second-order valence-electron chi connectivity index (χ2n) is 2.55. The molecule has 0 bridgehead atoms. The van der Waals surface area contributed by atoms with Crippen molar-refractivity contribution in [2.75, 3.05) is 13.1 Å². The van der Waals surface area contributed by atoms with E-state index in [2.05, 4.69) is 24.5 Å². The van der Waals surface area contributed by atoms with Gasteiger partial charge in [0.2, 0.25) is 0 Å². The number of amides is 2. The van der Waals surface area contributed by atoms with Gasteiger partial charge in [0, 0.05) is 19.1 Å². The van der Waals surface area contributed by atoms with Gasteiger partial charge in [-0.05, 0) is 13.3 Å². The molecule has 0 radical (unpaired) electrons. The molecule has 11 heavy (non-hydrogen) atoms. The molecule has 0 rings (SSSR count). The summed E-state index contributed by atoms with van der Waals surface area (Å²) in [5.74, 6) is 0. The van der Waals surface area contributed by atoms with Crippen LogP contribution in [-0.2, 0) is 0 Å². The van der Waals surface area contributed by atoms with E-state index < -0.39 is 6.03 Å². The minimum Gasteiger partial charge on any atom is -0.352 e. The van der Waals surface area contributed by atoms with Crippen molar-refractivity contribution in [1.29, 1.82) is 0 Å². The average Bonchev–Trinajstić information content (AvgIpc) is 1.97. The first-order chi connectivity index (χ1) is 5.16. The van der Waals surface area contributed by atoms with E-state index >= 15 is 0 Å². The Morgan fingerprint density at radius 2 is 2.18 bits per heavy atom. The summed E-state index contributed by atoms with van der Waals surface area (Å²) < 4.78 is 0. The molecule has 4 nitrogen and oxygen atoms in total.